The first-order chi connectivity index (χ1) is 17.1. The number of amides is 1. The number of piperazine rings is 1. The van der Waals surface area contributed by atoms with Crippen molar-refractivity contribution in [1.29, 1.82) is 0 Å². The van der Waals surface area contributed by atoms with Crippen LogP contribution in [0.5, 0.6) is 0 Å². The number of aryl methyl sites for hydroxylation is 2. The number of para-hydroxylation sites is 1. The molecule has 1 aliphatic heterocycles. The molecule has 174 valence electrons. The third kappa shape index (κ3) is 3.86. The van der Waals surface area contributed by atoms with Crippen LogP contribution in [0.3, 0.4) is 0 Å². The Morgan fingerprint density at radius 2 is 1.66 bits per heavy atom. The van der Waals surface area contributed by atoms with E-state index in [0.29, 0.717) is 37.5 Å². The highest BCUT2D eigenvalue weighted by Gasteiger charge is 2.26. The average molecular weight is 464 g/mol. The molecule has 0 saturated carbocycles. The molecular weight excluding hydrogens is 438 g/mol. The van der Waals surface area contributed by atoms with Gasteiger partial charge in [0.05, 0.1) is 16.8 Å². The lowest BCUT2D eigenvalue weighted by Gasteiger charge is -2.36. The topological polar surface area (TPSA) is 79.5 Å². The summed E-state index contributed by atoms with van der Waals surface area (Å²) in [5, 5.41) is 5.21. The zero-order chi connectivity index (χ0) is 23.9. The molecule has 2 aromatic carbocycles. The summed E-state index contributed by atoms with van der Waals surface area (Å²) >= 11 is 0. The van der Waals surface area contributed by atoms with Gasteiger partial charge >= 0.3 is 0 Å². The number of carbonyl (C=O) groups is 1. The Hall–Kier alpha value is -4.33. The Balaban J connectivity index is 1.30. The number of nitrogens with zero attached hydrogens (tertiary/aromatic N) is 7. The number of pyridine rings is 1. The fourth-order valence-corrected chi connectivity index (χ4v) is 4.67. The smallest absolute Gasteiger partial charge is 0.254 e. The lowest BCUT2D eigenvalue weighted by molar-refractivity contribution is 0.0748. The van der Waals surface area contributed by atoms with Gasteiger partial charge in [-0.25, -0.2) is 9.97 Å². The number of hydrogen-bond acceptors (Lipinski definition) is 6. The largest absolute Gasteiger partial charge is 0.353 e. The van der Waals surface area contributed by atoms with E-state index in [-0.39, 0.29) is 5.91 Å². The van der Waals surface area contributed by atoms with Gasteiger partial charge in [0, 0.05) is 48.9 Å². The van der Waals surface area contributed by atoms with E-state index in [1.165, 1.54) is 11.9 Å². The number of rotatable bonds is 3. The fraction of sp³-hybridized carbons (Fsp3) is 0.222. The van der Waals surface area contributed by atoms with Gasteiger partial charge in [0.2, 0.25) is 0 Å². The summed E-state index contributed by atoms with van der Waals surface area (Å²) in [6.07, 6.45) is 1.52. The molecule has 0 bridgehead atoms. The number of fused-ring (bicyclic) bond motifs is 2. The van der Waals surface area contributed by atoms with Gasteiger partial charge in [0.15, 0.2) is 0 Å². The van der Waals surface area contributed by atoms with Crippen LogP contribution >= 0.6 is 0 Å². The van der Waals surface area contributed by atoms with Gasteiger partial charge in [-0.05, 0) is 26.0 Å². The number of benzene rings is 2. The van der Waals surface area contributed by atoms with Gasteiger partial charge in [-0.1, -0.05) is 48.0 Å². The van der Waals surface area contributed by atoms with Crippen LogP contribution in [0.1, 0.15) is 21.6 Å². The van der Waals surface area contributed by atoms with Gasteiger partial charge in [-0.15, -0.1) is 0 Å². The van der Waals surface area contributed by atoms with E-state index in [9.17, 15) is 4.79 Å². The molecule has 3 aromatic heterocycles. The molecule has 1 aliphatic rings. The first-order valence-corrected chi connectivity index (χ1v) is 11.8. The molecular formula is C27H25N7O. The minimum Gasteiger partial charge on any atom is -0.353 e. The monoisotopic (exact) mass is 463 g/mol. The van der Waals surface area contributed by atoms with Crippen molar-refractivity contribution in [3.05, 3.63) is 83.8 Å². The maximum atomic E-state index is 13.8. The van der Waals surface area contributed by atoms with Gasteiger partial charge in [-0.2, -0.15) is 14.6 Å². The summed E-state index contributed by atoms with van der Waals surface area (Å²) in [5.41, 5.74) is 5.42. The molecule has 0 radical (unpaired) electrons. The van der Waals surface area contributed by atoms with E-state index >= 15 is 0 Å². The minimum atomic E-state index is 0.0356. The second-order valence-electron chi connectivity index (χ2n) is 8.95. The van der Waals surface area contributed by atoms with E-state index in [0.717, 1.165) is 33.7 Å². The second kappa shape index (κ2) is 8.47. The third-order valence-electron chi connectivity index (χ3n) is 6.55. The van der Waals surface area contributed by atoms with Crippen LogP contribution in [-0.4, -0.2) is 61.6 Å². The van der Waals surface area contributed by atoms with Crippen LogP contribution in [-0.2, 0) is 0 Å². The predicted molar refractivity (Wildman–Crippen MR) is 136 cm³/mol. The Morgan fingerprint density at radius 3 is 2.46 bits per heavy atom. The molecule has 5 aromatic rings. The van der Waals surface area contributed by atoms with E-state index < -0.39 is 0 Å². The van der Waals surface area contributed by atoms with E-state index in [2.05, 4.69) is 51.2 Å². The van der Waals surface area contributed by atoms with E-state index in [4.69, 9.17) is 4.98 Å². The molecule has 1 amide bonds. The Bertz CT molecular complexity index is 1550. The van der Waals surface area contributed by atoms with Crippen molar-refractivity contribution in [3.8, 4) is 11.3 Å². The number of carbonyl (C=O) groups excluding carboxylic acids is 1. The molecule has 8 nitrogen and oxygen atoms in total. The summed E-state index contributed by atoms with van der Waals surface area (Å²) in [5.74, 6) is 1.58. The predicted octanol–water partition coefficient (Wildman–Crippen LogP) is 3.92. The summed E-state index contributed by atoms with van der Waals surface area (Å²) in [6.45, 7) is 6.67. The van der Waals surface area contributed by atoms with E-state index in [1.54, 1.807) is 4.52 Å². The SMILES string of the molecule is Cc1ccc(-c2cc(C(=O)N3CCN(c4cc(C)nc5ncnn45)CC3)c3ccccc3n2)cc1. The molecule has 35 heavy (non-hydrogen) atoms. The van der Waals surface area contributed by atoms with Crippen LogP contribution in [0.15, 0.2) is 67.0 Å². The third-order valence-corrected chi connectivity index (χ3v) is 6.55. The first-order valence-electron chi connectivity index (χ1n) is 11.8. The highest BCUT2D eigenvalue weighted by molar-refractivity contribution is 6.07. The minimum absolute atomic E-state index is 0.0356. The quantitative estimate of drug-likeness (QED) is 0.404. The molecule has 0 atom stereocenters. The normalized spacial score (nSPS) is 14.1. The van der Waals surface area contributed by atoms with Crippen LogP contribution in [0.25, 0.3) is 27.9 Å². The zero-order valence-corrected chi connectivity index (χ0v) is 19.7. The van der Waals surface area contributed by atoms with Crippen LogP contribution in [0, 0.1) is 13.8 Å². The van der Waals surface area contributed by atoms with Crippen LogP contribution in [0.2, 0.25) is 0 Å². The van der Waals surface area contributed by atoms with Crippen LogP contribution in [0.4, 0.5) is 5.82 Å². The van der Waals surface area contributed by atoms with Gasteiger partial charge in [0.25, 0.3) is 11.7 Å². The maximum Gasteiger partial charge on any atom is 0.254 e. The zero-order valence-electron chi connectivity index (χ0n) is 19.7. The van der Waals surface area contributed by atoms with Crippen molar-refractivity contribution in [2.75, 3.05) is 31.1 Å². The molecule has 0 unspecified atom stereocenters. The van der Waals surface area contributed by atoms with Crippen molar-refractivity contribution in [1.82, 2.24) is 29.5 Å². The molecule has 0 aliphatic carbocycles. The van der Waals surface area contributed by atoms with Crippen molar-refractivity contribution in [3.63, 3.8) is 0 Å². The standard InChI is InChI=1S/C27H25N7O/c1-18-7-9-20(10-8-18)24-16-22(21-5-3-4-6-23(21)31-24)26(35)33-13-11-32(12-14-33)25-15-19(2)30-27-28-17-29-34(25)27/h3-10,15-17H,11-14H2,1-2H3. The highest BCUT2D eigenvalue weighted by Crippen LogP contribution is 2.27. The van der Waals surface area contributed by atoms with Crippen molar-refractivity contribution >= 4 is 28.4 Å². The molecule has 1 saturated heterocycles. The van der Waals surface area contributed by atoms with Crippen molar-refractivity contribution in [2.24, 2.45) is 0 Å². The average Bonchev–Trinajstić information content (AvgIpc) is 3.36. The van der Waals surface area contributed by atoms with Gasteiger partial charge in [-0.3, -0.25) is 4.79 Å². The Kier molecular flexibility index (Phi) is 5.13. The first kappa shape index (κ1) is 21.2. The maximum absolute atomic E-state index is 13.8. The number of anilines is 1. The molecule has 0 N–H and O–H groups in total. The molecule has 6 rings (SSSR count). The highest BCUT2D eigenvalue weighted by atomic mass is 16.2. The Morgan fingerprint density at radius 1 is 0.886 bits per heavy atom. The van der Waals surface area contributed by atoms with E-state index in [1.807, 2.05) is 48.2 Å². The lowest BCUT2D eigenvalue weighted by Crippen LogP contribution is -2.49. The van der Waals surface area contributed by atoms with Gasteiger partial charge in [0.1, 0.15) is 12.1 Å². The summed E-state index contributed by atoms with van der Waals surface area (Å²) in [6, 6.07) is 20.1. The lowest BCUT2D eigenvalue weighted by atomic mass is 10.0. The molecule has 4 heterocycles. The fourth-order valence-electron chi connectivity index (χ4n) is 4.67. The summed E-state index contributed by atoms with van der Waals surface area (Å²) in [4.78, 5) is 31.4. The van der Waals surface area contributed by atoms with Crippen molar-refractivity contribution in [2.45, 2.75) is 13.8 Å². The number of hydrogen-bond donors (Lipinski definition) is 0. The molecule has 0 spiro atoms. The molecule has 8 heteroatoms. The summed E-state index contributed by atoms with van der Waals surface area (Å²) < 4.78 is 1.76. The van der Waals surface area contributed by atoms with Crippen molar-refractivity contribution < 1.29 is 4.79 Å². The number of aromatic nitrogens is 5. The Labute approximate surface area is 202 Å². The second-order valence-corrected chi connectivity index (χ2v) is 8.95. The summed E-state index contributed by atoms with van der Waals surface area (Å²) in [7, 11) is 0. The molecule has 1 fully saturated rings. The van der Waals surface area contributed by atoms with Crippen LogP contribution < -0.4 is 4.90 Å². The van der Waals surface area contributed by atoms with Gasteiger partial charge < -0.3 is 9.80 Å².